The van der Waals surface area contributed by atoms with Gasteiger partial charge in [0.2, 0.25) is 0 Å². The third-order valence-corrected chi connectivity index (χ3v) is 4.76. The molecule has 1 fully saturated rings. The molecule has 2 aromatic carbocycles. The zero-order valence-corrected chi connectivity index (χ0v) is 13.7. The number of fused-ring (bicyclic) bond motifs is 1. The molecule has 0 bridgehead atoms. The van der Waals surface area contributed by atoms with Crippen molar-refractivity contribution in [1.29, 1.82) is 10.7 Å². The van der Waals surface area contributed by atoms with Gasteiger partial charge in [0.05, 0.1) is 24.1 Å². The number of nitrogens with zero attached hydrogens (tertiary/aromatic N) is 3. The van der Waals surface area contributed by atoms with E-state index in [4.69, 9.17) is 10.1 Å². The van der Waals surface area contributed by atoms with Crippen molar-refractivity contribution in [1.82, 2.24) is 0 Å². The number of anilines is 1. The Morgan fingerprint density at radius 3 is 2.68 bits per heavy atom. The van der Waals surface area contributed by atoms with Crippen molar-refractivity contribution < 1.29 is 4.74 Å². The van der Waals surface area contributed by atoms with Gasteiger partial charge in [-0.1, -0.05) is 48.5 Å². The van der Waals surface area contributed by atoms with Gasteiger partial charge in [0.25, 0.3) is 0 Å². The molecule has 5 heteroatoms. The number of para-hydroxylation sites is 1. The smallest absolute Gasteiger partial charge is 0.140 e. The average molecular weight is 330 g/mol. The number of hydrazone groups is 1. The first kappa shape index (κ1) is 15.6. The molecule has 4 rings (SSSR count). The lowest BCUT2D eigenvalue weighted by molar-refractivity contribution is 0.133. The molecule has 2 atom stereocenters. The van der Waals surface area contributed by atoms with Crippen molar-refractivity contribution in [2.24, 2.45) is 16.9 Å². The molecule has 1 saturated heterocycles. The minimum atomic E-state index is -0.486. The van der Waals surface area contributed by atoms with Crippen molar-refractivity contribution >= 4 is 17.2 Å². The van der Waals surface area contributed by atoms with Gasteiger partial charge in [-0.2, -0.15) is 10.4 Å². The summed E-state index contributed by atoms with van der Waals surface area (Å²) in [5.74, 6) is -0.256. The molecule has 5 nitrogen and oxygen atoms in total. The summed E-state index contributed by atoms with van der Waals surface area (Å²) in [5.41, 5.74) is 3.72. The molecule has 0 spiro atoms. The molecule has 0 saturated carbocycles. The SMILES string of the molecule is N#CC1C(=N)N(c2ccccc2-c2ccccc2)N=C2COCCC21. The van der Waals surface area contributed by atoms with Crippen LogP contribution in [0.4, 0.5) is 5.69 Å². The summed E-state index contributed by atoms with van der Waals surface area (Å²) in [6.07, 6.45) is 0.744. The van der Waals surface area contributed by atoms with E-state index in [2.05, 4.69) is 11.2 Å². The molecule has 1 N–H and O–H groups in total. The van der Waals surface area contributed by atoms with Crippen LogP contribution in [0, 0.1) is 28.6 Å². The highest BCUT2D eigenvalue weighted by Crippen LogP contribution is 2.36. The van der Waals surface area contributed by atoms with Crippen LogP contribution in [-0.4, -0.2) is 24.8 Å². The van der Waals surface area contributed by atoms with Crippen LogP contribution in [0.1, 0.15) is 6.42 Å². The van der Waals surface area contributed by atoms with Gasteiger partial charge in [-0.15, -0.1) is 0 Å². The van der Waals surface area contributed by atoms with E-state index < -0.39 is 5.92 Å². The fourth-order valence-electron chi connectivity index (χ4n) is 3.48. The maximum absolute atomic E-state index is 9.64. The second kappa shape index (κ2) is 6.50. The Balaban J connectivity index is 1.82. The van der Waals surface area contributed by atoms with E-state index >= 15 is 0 Å². The molecule has 2 aromatic rings. The fraction of sp³-hybridized carbons (Fsp3) is 0.250. The molecule has 0 aromatic heterocycles. The van der Waals surface area contributed by atoms with Crippen molar-refractivity contribution in [3.05, 3.63) is 54.6 Å². The molecule has 0 amide bonds. The van der Waals surface area contributed by atoms with E-state index in [0.717, 1.165) is 28.9 Å². The van der Waals surface area contributed by atoms with Gasteiger partial charge >= 0.3 is 0 Å². The minimum absolute atomic E-state index is 0.00797. The third kappa shape index (κ3) is 2.71. The molecule has 25 heavy (non-hydrogen) atoms. The Hall–Kier alpha value is -2.97. The maximum Gasteiger partial charge on any atom is 0.140 e. The molecule has 2 heterocycles. The zero-order valence-electron chi connectivity index (χ0n) is 13.7. The van der Waals surface area contributed by atoms with Crippen LogP contribution in [0.3, 0.4) is 0 Å². The normalized spacial score (nSPS) is 22.8. The van der Waals surface area contributed by atoms with Crippen molar-refractivity contribution in [2.45, 2.75) is 6.42 Å². The molecular formula is C20H18N4O. The zero-order chi connectivity index (χ0) is 17.2. The van der Waals surface area contributed by atoms with Gasteiger partial charge < -0.3 is 4.74 Å². The Morgan fingerprint density at radius 2 is 1.88 bits per heavy atom. The number of hydrogen-bond acceptors (Lipinski definition) is 4. The first-order valence-corrected chi connectivity index (χ1v) is 8.37. The van der Waals surface area contributed by atoms with E-state index in [1.165, 1.54) is 0 Å². The van der Waals surface area contributed by atoms with Crippen molar-refractivity contribution in [2.75, 3.05) is 18.2 Å². The van der Waals surface area contributed by atoms with Gasteiger partial charge in [0, 0.05) is 18.1 Å². The summed E-state index contributed by atoms with van der Waals surface area (Å²) in [6, 6.07) is 20.2. The van der Waals surface area contributed by atoms with E-state index in [1.807, 2.05) is 54.6 Å². The Labute approximate surface area is 146 Å². The molecule has 2 unspecified atom stereocenters. The number of hydrogen-bond donors (Lipinski definition) is 1. The third-order valence-electron chi connectivity index (χ3n) is 4.76. The summed E-state index contributed by atoms with van der Waals surface area (Å²) in [5, 5.41) is 24.5. The van der Waals surface area contributed by atoms with Gasteiger partial charge in [-0.3, -0.25) is 5.41 Å². The van der Waals surface area contributed by atoms with E-state index in [1.54, 1.807) is 5.01 Å². The van der Waals surface area contributed by atoms with Gasteiger partial charge in [-0.05, 0) is 18.1 Å². The molecule has 2 aliphatic heterocycles. The summed E-state index contributed by atoms with van der Waals surface area (Å²) >= 11 is 0. The Kier molecular flexibility index (Phi) is 4.04. The number of ether oxygens (including phenoxy) is 1. The maximum atomic E-state index is 9.64. The van der Waals surface area contributed by atoms with E-state index in [0.29, 0.717) is 13.2 Å². The molecule has 124 valence electrons. The van der Waals surface area contributed by atoms with Gasteiger partial charge in [0.1, 0.15) is 11.8 Å². The Morgan fingerprint density at radius 1 is 1.12 bits per heavy atom. The summed E-state index contributed by atoms with van der Waals surface area (Å²) in [7, 11) is 0. The van der Waals surface area contributed by atoms with Crippen LogP contribution in [-0.2, 0) is 4.74 Å². The summed E-state index contributed by atoms with van der Waals surface area (Å²) in [6.45, 7) is 1.05. The number of rotatable bonds is 2. The lowest BCUT2D eigenvalue weighted by Crippen LogP contribution is -2.47. The quantitative estimate of drug-likeness (QED) is 0.913. The predicted molar refractivity (Wildman–Crippen MR) is 97.5 cm³/mol. The lowest BCUT2D eigenvalue weighted by atomic mass is 9.83. The van der Waals surface area contributed by atoms with Crippen LogP contribution >= 0.6 is 0 Å². The second-order valence-corrected chi connectivity index (χ2v) is 6.23. The van der Waals surface area contributed by atoms with E-state index in [9.17, 15) is 5.26 Å². The van der Waals surface area contributed by atoms with Crippen molar-refractivity contribution in [3.63, 3.8) is 0 Å². The summed E-state index contributed by atoms with van der Waals surface area (Å²) < 4.78 is 5.53. The predicted octanol–water partition coefficient (Wildman–Crippen LogP) is 3.68. The first-order valence-electron chi connectivity index (χ1n) is 8.37. The molecular weight excluding hydrogens is 312 g/mol. The minimum Gasteiger partial charge on any atom is -0.375 e. The molecule has 0 radical (unpaired) electrons. The van der Waals surface area contributed by atoms with Crippen LogP contribution in [0.5, 0.6) is 0 Å². The lowest BCUT2D eigenvalue weighted by Gasteiger charge is -2.37. The number of amidine groups is 1. The van der Waals surface area contributed by atoms with Crippen LogP contribution in [0.2, 0.25) is 0 Å². The van der Waals surface area contributed by atoms with Gasteiger partial charge in [0.15, 0.2) is 0 Å². The summed E-state index contributed by atoms with van der Waals surface area (Å²) in [4.78, 5) is 0. The van der Waals surface area contributed by atoms with Gasteiger partial charge in [-0.25, -0.2) is 5.01 Å². The van der Waals surface area contributed by atoms with Crippen LogP contribution in [0.15, 0.2) is 59.7 Å². The highest BCUT2D eigenvalue weighted by atomic mass is 16.5. The average Bonchev–Trinajstić information content (AvgIpc) is 2.68. The Bertz CT molecular complexity index is 869. The highest BCUT2D eigenvalue weighted by Gasteiger charge is 2.39. The number of nitrogens with one attached hydrogen (secondary N) is 1. The van der Waals surface area contributed by atoms with Crippen molar-refractivity contribution in [3.8, 4) is 17.2 Å². The second-order valence-electron chi connectivity index (χ2n) is 6.23. The number of benzene rings is 2. The largest absolute Gasteiger partial charge is 0.375 e. The molecule has 2 aliphatic rings. The van der Waals surface area contributed by atoms with E-state index in [-0.39, 0.29) is 11.8 Å². The number of nitriles is 1. The van der Waals surface area contributed by atoms with Crippen LogP contribution in [0.25, 0.3) is 11.1 Å². The molecule has 0 aliphatic carbocycles. The highest BCUT2D eigenvalue weighted by molar-refractivity contribution is 6.09. The topological polar surface area (TPSA) is 72.5 Å². The standard InChI is InChI=1S/C20H18N4O/c21-12-17-16-10-11-25-13-18(16)23-24(20(17)22)19-9-5-4-8-15(19)14-6-2-1-3-7-14/h1-9,16-17,22H,10-11,13H2. The fourth-order valence-corrected chi connectivity index (χ4v) is 3.48. The first-order chi connectivity index (χ1) is 12.3. The van der Waals surface area contributed by atoms with Crippen LogP contribution < -0.4 is 5.01 Å². The monoisotopic (exact) mass is 330 g/mol.